The summed E-state index contributed by atoms with van der Waals surface area (Å²) in [5, 5.41) is 0. The molecule has 0 aromatic heterocycles. The first kappa shape index (κ1) is 23.6. The van der Waals surface area contributed by atoms with E-state index in [0.717, 1.165) is 19.6 Å². The van der Waals surface area contributed by atoms with Crippen LogP contribution in [0.5, 0.6) is 0 Å². The summed E-state index contributed by atoms with van der Waals surface area (Å²) in [4.78, 5) is 80.7. The second-order valence-corrected chi connectivity index (χ2v) is 8.48. The lowest BCUT2D eigenvalue weighted by molar-refractivity contribution is -0.128. The first-order chi connectivity index (χ1) is 17.8. The fourth-order valence-corrected chi connectivity index (χ4v) is 4.39. The average Bonchev–Trinajstić information content (AvgIpc) is 2.86. The van der Waals surface area contributed by atoms with E-state index in [2.05, 4.69) is 0 Å². The fraction of sp³-hybridized carbons (Fsp3) is 0.111. The van der Waals surface area contributed by atoms with Gasteiger partial charge >= 0.3 is 12.1 Å². The molecule has 2 fully saturated rings. The van der Waals surface area contributed by atoms with Crippen molar-refractivity contribution in [2.75, 3.05) is 19.6 Å². The van der Waals surface area contributed by atoms with Crippen LogP contribution in [0.25, 0.3) is 0 Å². The topological polar surface area (TPSA) is 115 Å². The van der Waals surface area contributed by atoms with Crippen molar-refractivity contribution in [2.45, 2.75) is 19.8 Å². The minimum Gasteiger partial charge on any atom is -0.273 e. The quantitative estimate of drug-likeness (QED) is 0.508. The highest BCUT2D eigenvalue weighted by molar-refractivity contribution is 6.36. The number of para-hydroxylation sites is 2. The molecule has 0 radical (unpaired) electrons. The number of hydrogen-bond donors (Lipinski definition) is 0. The van der Waals surface area contributed by atoms with Gasteiger partial charge in [-0.15, -0.1) is 0 Å². The Kier molecular flexibility index (Phi) is 5.84. The minimum atomic E-state index is -0.828. The summed E-state index contributed by atoms with van der Waals surface area (Å²) in [6.07, 6.45) is -1.00. The average molecular weight is 496 g/mol. The number of imide groups is 4. The molecule has 2 aliphatic heterocycles. The summed E-state index contributed by atoms with van der Waals surface area (Å²) in [6.45, 7) is 1.61. The fourth-order valence-electron chi connectivity index (χ4n) is 4.39. The maximum atomic E-state index is 13.3. The van der Waals surface area contributed by atoms with Crippen LogP contribution in [0.4, 0.5) is 32.3 Å². The number of carbonyl (C=O) groups excluding carboxylic acids is 6. The highest BCUT2D eigenvalue weighted by Gasteiger charge is 2.42. The molecule has 2 aliphatic rings. The molecule has 0 saturated carbocycles. The lowest BCUT2D eigenvalue weighted by Crippen LogP contribution is -2.56. The number of aryl methyl sites for hydroxylation is 1. The Morgan fingerprint density at radius 3 is 1.35 bits per heavy atom. The molecular formula is C27H20N4O6. The third-order valence-corrected chi connectivity index (χ3v) is 6.08. The van der Waals surface area contributed by atoms with Crippen LogP contribution >= 0.6 is 0 Å². The second-order valence-electron chi connectivity index (χ2n) is 8.48. The lowest BCUT2D eigenvalue weighted by atomic mass is 10.1. The van der Waals surface area contributed by atoms with Gasteiger partial charge in [0.2, 0.25) is 23.6 Å². The van der Waals surface area contributed by atoms with Crippen molar-refractivity contribution in [1.82, 2.24) is 0 Å². The van der Waals surface area contributed by atoms with Crippen LogP contribution < -0.4 is 19.6 Å². The van der Waals surface area contributed by atoms with E-state index < -0.39 is 48.5 Å². The highest BCUT2D eigenvalue weighted by atomic mass is 16.2. The molecule has 3 aromatic rings. The van der Waals surface area contributed by atoms with E-state index in [-0.39, 0.29) is 11.4 Å². The third-order valence-electron chi connectivity index (χ3n) is 6.08. The zero-order valence-electron chi connectivity index (χ0n) is 19.7. The van der Waals surface area contributed by atoms with E-state index in [1.165, 1.54) is 18.2 Å². The molecule has 0 atom stereocenters. The normalized spacial score (nSPS) is 16.7. The van der Waals surface area contributed by atoms with E-state index in [9.17, 15) is 28.8 Å². The lowest BCUT2D eigenvalue weighted by Gasteiger charge is -2.34. The van der Waals surface area contributed by atoms with Gasteiger partial charge in [-0.05, 0) is 55.0 Å². The van der Waals surface area contributed by atoms with E-state index in [0.29, 0.717) is 16.9 Å². The maximum absolute atomic E-state index is 13.3. The number of benzene rings is 3. The van der Waals surface area contributed by atoms with E-state index in [1.807, 2.05) is 0 Å². The van der Waals surface area contributed by atoms with Gasteiger partial charge in [0.05, 0.1) is 22.7 Å². The Balaban J connectivity index is 1.48. The molecule has 0 unspecified atom stereocenters. The number of rotatable bonds is 4. The molecule has 0 aliphatic carbocycles. The van der Waals surface area contributed by atoms with E-state index in [1.54, 1.807) is 67.6 Å². The number of nitrogens with zero attached hydrogens (tertiary/aromatic N) is 4. The number of urea groups is 2. The first-order valence-corrected chi connectivity index (χ1v) is 11.4. The van der Waals surface area contributed by atoms with Crippen molar-refractivity contribution in [3.05, 3.63) is 84.4 Å². The van der Waals surface area contributed by atoms with Gasteiger partial charge in [0.1, 0.15) is 12.8 Å². The molecule has 184 valence electrons. The summed E-state index contributed by atoms with van der Waals surface area (Å²) in [7, 11) is 0. The van der Waals surface area contributed by atoms with Crippen molar-refractivity contribution >= 4 is 58.4 Å². The molecule has 10 heteroatoms. The summed E-state index contributed by atoms with van der Waals surface area (Å²) >= 11 is 0. The Morgan fingerprint density at radius 2 is 0.892 bits per heavy atom. The van der Waals surface area contributed by atoms with Gasteiger partial charge in [-0.25, -0.2) is 29.2 Å². The second kappa shape index (κ2) is 9.15. The van der Waals surface area contributed by atoms with Crippen LogP contribution in [0.3, 0.4) is 0 Å². The summed E-state index contributed by atoms with van der Waals surface area (Å²) in [5.74, 6) is -2.66. The smallest absolute Gasteiger partial charge is 0.273 e. The third kappa shape index (κ3) is 4.04. The molecule has 0 bridgehead atoms. The summed E-state index contributed by atoms with van der Waals surface area (Å²) in [6, 6.07) is 19.2. The van der Waals surface area contributed by atoms with Crippen LogP contribution in [0, 0.1) is 6.92 Å². The number of carbonyl (C=O) groups is 6. The highest BCUT2D eigenvalue weighted by Crippen LogP contribution is 2.33. The number of barbiturate groups is 2. The Bertz CT molecular complexity index is 1470. The van der Waals surface area contributed by atoms with Gasteiger partial charge in [-0.3, -0.25) is 19.2 Å². The Labute approximate surface area is 211 Å². The van der Waals surface area contributed by atoms with Crippen LogP contribution in [-0.2, 0) is 19.2 Å². The number of anilines is 4. The number of hydrogen-bond acceptors (Lipinski definition) is 6. The SMILES string of the molecule is Cc1cc(N2C(=O)CC(=O)N(c3ccccc3)C2=O)ccc1N1C(=O)CC(=O)N(c2ccccc2)C1=O. The first-order valence-electron chi connectivity index (χ1n) is 11.4. The predicted molar refractivity (Wildman–Crippen MR) is 134 cm³/mol. The summed E-state index contributed by atoms with van der Waals surface area (Å²) in [5.41, 5.74) is 1.46. The zero-order valence-corrected chi connectivity index (χ0v) is 19.7. The molecule has 2 heterocycles. The van der Waals surface area contributed by atoms with E-state index >= 15 is 0 Å². The Morgan fingerprint density at radius 1 is 0.486 bits per heavy atom. The molecule has 3 aromatic carbocycles. The maximum Gasteiger partial charge on any atom is 0.342 e. The van der Waals surface area contributed by atoms with Gasteiger partial charge in [0.25, 0.3) is 0 Å². The molecule has 8 amide bonds. The van der Waals surface area contributed by atoms with Crippen LogP contribution in [-0.4, -0.2) is 35.7 Å². The Hall–Kier alpha value is -5.12. The van der Waals surface area contributed by atoms with Crippen molar-refractivity contribution in [3.63, 3.8) is 0 Å². The predicted octanol–water partition coefficient (Wildman–Crippen LogP) is 3.77. The molecular weight excluding hydrogens is 476 g/mol. The molecule has 10 nitrogen and oxygen atoms in total. The largest absolute Gasteiger partial charge is 0.342 e. The van der Waals surface area contributed by atoms with Gasteiger partial charge in [0, 0.05) is 0 Å². The van der Waals surface area contributed by atoms with Gasteiger partial charge in [-0.1, -0.05) is 36.4 Å². The van der Waals surface area contributed by atoms with Crippen LogP contribution in [0.15, 0.2) is 78.9 Å². The van der Waals surface area contributed by atoms with Crippen molar-refractivity contribution in [2.24, 2.45) is 0 Å². The van der Waals surface area contributed by atoms with Crippen LogP contribution in [0.1, 0.15) is 18.4 Å². The van der Waals surface area contributed by atoms with Crippen molar-refractivity contribution < 1.29 is 28.8 Å². The number of amides is 8. The van der Waals surface area contributed by atoms with Crippen LogP contribution in [0.2, 0.25) is 0 Å². The van der Waals surface area contributed by atoms with Gasteiger partial charge in [-0.2, -0.15) is 0 Å². The van der Waals surface area contributed by atoms with E-state index in [4.69, 9.17) is 0 Å². The van der Waals surface area contributed by atoms with Gasteiger partial charge < -0.3 is 0 Å². The van der Waals surface area contributed by atoms with Gasteiger partial charge in [0.15, 0.2) is 0 Å². The monoisotopic (exact) mass is 496 g/mol. The molecule has 0 spiro atoms. The zero-order chi connectivity index (χ0) is 26.3. The van der Waals surface area contributed by atoms with Crippen molar-refractivity contribution in [1.29, 1.82) is 0 Å². The molecule has 0 N–H and O–H groups in total. The molecule has 37 heavy (non-hydrogen) atoms. The molecule has 5 rings (SSSR count). The minimum absolute atomic E-state index is 0.178. The van der Waals surface area contributed by atoms with Crippen molar-refractivity contribution in [3.8, 4) is 0 Å². The molecule has 2 saturated heterocycles. The summed E-state index contributed by atoms with van der Waals surface area (Å²) < 4.78 is 0. The standard InChI is InChI=1S/C27H20N4O6/c1-17-14-20(30-24(34)15-22(32)28(26(30)36)18-8-4-2-5-9-18)12-13-21(17)31-25(35)16-23(33)29(27(31)37)19-10-6-3-7-11-19/h2-14H,15-16H2,1H3.